The zero-order valence-corrected chi connectivity index (χ0v) is 12.9. The topological polar surface area (TPSA) is 79.1 Å². The number of thioether (sulfide) groups is 1. The molecule has 23 heavy (non-hydrogen) atoms. The van der Waals surface area contributed by atoms with Gasteiger partial charge in [-0.15, -0.1) is 5.10 Å². The number of aromatic nitrogens is 5. The van der Waals surface area contributed by atoms with Crippen LogP contribution in [0.4, 0.5) is 0 Å². The number of aromatic amines is 1. The average molecular weight is 323 g/mol. The molecule has 0 saturated carbocycles. The number of rotatable bonds is 4. The summed E-state index contributed by atoms with van der Waals surface area (Å²) < 4.78 is 2.05. The first-order valence-corrected chi connectivity index (χ1v) is 8.04. The first-order valence-electron chi connectivity index (χ1n) is 7.06. The molecule has 2 N–H and O–H groups in total. The highest BCUT2D eigenvalue weighted by atomic mass is 32.2. The van der Waals surface area contributed by atoms with Crippen molar-refractivity contribution in [1.82, 2.24) is 24.6 Å². The first kappa shape index (κ1) is 13.8. The van der Waals surface area contributed by atoms with Crippen LogP contribution in [0.25, 0.3) is 17.0 Å². The highest BCUT2D eigenvalue weighted by Crippen LogP contribution is 2.27. The minimum atomic E-state index is 0.182. The van der Waals surface area contributed by atoms with Gasteiger partial charge in [-0.25, -0.2) is 9.97 Å². The molecule has 3 aromatic heterocycles. The molecule has 4 aromatic rings. The molecule has 0 spiro atoms. The number of phenolic OH excluding ortho intramolecular Hbond substituents is 1. The lowest BCUT2D eigenvalue weighted by Gasteiger charge is -1.99. The number of pyridine rings is 1. The van der Waals surface area contributed by atoms with Gasteiger partial charge < -0.3 is 9.51 Å². The number of nitrogens with one attached hydrogen (secondary N) is 1. The van der Waals surface area contributed by atoms with Crippen molar-refractivity contribution in [3.05, 3.63) is 60.6 Å². The van der Waals surface area contributed by atoms with Crippen molar-refractivity contribution in [2.45, 2.75) is 10.9 Å². The molecule has 114 valence electrons. The number of benzene rings is 1. The summed E-state index contributed by atoms with van der Waals surface area (Å²) >= 11 is 1.52. The summed E-state index contributed by atoms with van der Waals surface area (Å²) in [6.07, 6.45) is 3.85. The second kappa shape index (κ2) is 5.77. The van der Waals surface area contributed by atoms with E-state index in [0.29, 0.717) is 22.3 Å². The zero-order valence-electron chi connectivity index (χ0n) is 12.0. The summed E-state index contributed by atoms with van der Waals surface area (Å²) in [5.41, 5.74) is 2.65. The predicted octanol–water partition coefficient (Wildman–Crippen LogP) is 3.12. The fraction of sp³-hybridized carbons (Fsp3) is 0.0625. The van der Waals surface area contributed by atoms with Gasteiger partial charge in [0.1, 0.15) is 11.4 Å². The van der Waals surface area contributed by atoms with Crippen LogP contribution in [0.2, 0.25) is 0 Å². The van der Waals surface area contributed by atoms with Crippen LogP contribution >= 0.6 is 11.8 Å². The lowest BCUT2D eigenvalue weighted by Crippen LogP contribution is -1.90. The summed E-state index contributed by atoms with van der Waals surface area (Å²) in [6.45, 7) is 0. The molecule has 0 aliphatic rings. The Balaban J connectivity index is 1.53. The quantitative estimate of drug-likeness (QED) is 0.564. The molecule has 0 atom stereocenters. The molecule has 0 amide bonds. The molecule has 0 fully saturated rings. The van der Waals surface area contributed by atoms with Crippen LogP contribution in [0.3, 0.4) is 0 Å². The molecular formula is C16H13N5OS. The molecule has 6 nitrogen and oxygen atoms in total. The Labute approximate surface area is 136 Å². The second-order valence-corrected chi connectivity index (χ2v) is 5.89. The largest absolute Gasteiger partial charge is 0.507 e. The van der Waals surface area contributed by atoms with Crippen molar-refractivity contribution in [1.29, 1.82) is 0 Å². The van der Waals surface area contributed by atoms with Crippen LogP contribution in [-0.2, 0) is 5.75 Å². The number of fused-ring (bicyclic) bond motifs is 1. The number of H-pyrrole nitrogens is 1. The Kier molecular flexibility index (Phi) is 3.47. The van der Waals surface area contributed by atoms with E-state index in [1.165, 1.54) is 11.8 Å². The fourth-order valence-corrected chi connectivity index (χ4v) is 3.09. The maximum atomic E-state index is 9.87. The van der Waals surface area contributed by atoms with Crippen molar-refractivity contribution < 1.29 is 5.11 Å². The van der Waals surface area contributed by atoms with Crippen molar-refractivity contribution >= 4 is 17.4 Å². The molecule has 0 unspecified atom stereocenters. The van der Waals surface area contributed by atoms with E-state index in [1.54, 1.807) is 18.2 Å². The Morgan fingerprint density at radius 2 is 2.00 bits per heavy atom. The van der Waals surface area contributed by atoms with Gasteiger partial charge in [-0.1, -0.05) is 30.0 Å². The maximum Gasteiger partial charge on any atom is 0.209 e. The number of para-hydroxylation sites is 1. The number of hydrogen-bond donors (Lipinski definition) is 2. The standard InChI is InChI=1S/C16H13N5OS/c22-13-6-2-1-5-12(13)15-18-16(20-19-15)23-10-11-9-17-14-7-3-4-8-21(11)14/h1-9,22H,10H2,(H,18,19,20). The smallest absolute Gasteiger partial charge is 0.209 e. The molecule has 0 radical (unpaired) electrons. The van der Waals surface area contributed by atoms with Gasteiger partial charge in [-0.3, -0.25) is 5.10 Å². The van der Waals surface area contributed by atoms with E-state index >= 15 is 0 Å². The summed E-state index contributed by atoms with van der Waals surface area (Å²) in [6, 6.07) is 13.0. The third-order valence-corrected chi connectivity index (χ3v) is 4.35. The fourth-order valence-electron chi connectivity index (χ4n) is 2.34. The van der Waals surface area contributed by atoms with Gasteiger partial charge >= 0.3 is 0 Å². The highest BCUT2D eigenvalue weighted by Gasteiger charge is 2.10. The number of phenols is 1. The van der Waals surface area contributed by atoms with E-state index in [9.17, 15) is 5.11 Å². The summed E-state index contributed by atoms with van der Waals surface area (Å²) in [4.78, 5) is 8.79. The normalized spacial score (nSPS) is 11.1. The highest BCUT2D eigenvalue weighted by molar-refractivity contribution is 7.98. The van der Waals surface area contributed by atoms with Gasteiger partial charge in [0.2, 0.25) is 5.16 Å². The van der Waals surface area contributed by atoms with Crippen LogP contribution in [0.5, 0.6) is 5.75 Å². The lowest BCUT2D eigenvalue weighted by atomic mass is 10.2. The van der Waals surface area contributed by atoms with E-state index in [-0.39, 0.29) is 5.75 Å². The van der Waals surface area contributed by atoms with Crippen molar-refractivity contribution in [3.63, 3.8) is 0 Å². The number of hydrogen-bond acceptors (Lipinski definition) is 5. The van der Waals surface area contributed by atoms with Gasteiger partial charge in [0.15, 0.2) is 5.82 Å². The zero-order chi connectivity index (χ0) is 15.6. The van der Waals surface area contributed by atoms with Crippen LogP contribution in [-0.4, -0.2) is 29.7 Å². The molecule has 0 bridgehead atoms. The molecule has 0 aliphatic heterocycles. The van der Waals surface area contributed by atoms with Gasteiger partial charge in [-0.2, -0.15) is 0 Å². The Bertz CT molecular complexity index is 962. The van der Waals surface area contributed by atoms with Crippen LogP contribution in [0, 0.1) is 0 Å². The second-order valence-electron chi connectivity index (χ2n) is 4.95. The molecular weight excluding hydrogens is 310 g/mol. The van der Waals surface area contributed by atoms with Crippen LogP contribution in [0.1, 0.15) is 5.69 Å². The SMILES string of the molecule is Oc1ccccc1-c1nc(SCc2cnc3ccccn23)n[nH]1. The van der Waals surface area contributed by atoms with Crippen molar-refractivity contribution in [3.8, 4) is 17.1 Å². The summed E-state index contributed by atoms with van der Waals surface area (Å²) in [5.74, 6) is 1.45. The minimum absolute atomic E-state index is 0.182. The van der Waals surface area contributed by atoms with E-state index < -0.39 is 0 Å². The third-order valence-electron chi connectivity index (χ3n) is 3.47. The average Bonchev–Trinajstić information content (AvgIpc) is 3.20. The van der Waals surface area contributed by atoms with Gasteiger partial charge in [0.25, 0.3) is 0 Å². The molecule has 3 heterocycles. The van der Waals surface area contributed by atoms with Gasteiger partial charge in [-0.05, 0) is 24.3 Å². The monoisotopic (exact) mass is 323 g/mol. The van der Waals surface area contributed by atoms with Crippen LogP contribution in [0.15, 0.2) is 60.0 Å². The van der Waals surface area contributed by atoms with E-state index in [2.05, 4.69) is 20.2 Å². The van der Waals surface area contributed by atoms with E-state index in [4.69, 9.17) is 0 Å². The molecule has 0 saturated heterocycles. The predicted molar refractivity (Wildman–Crippen MR) is 88.2 cm³/mol. The Morgan fingerprint density at radius 1 is 1.13 bits per heavy atom. The first-order chi connectivity index (χ1) is 11.3. The van der Waals surface area contributed by atoms with Crippen molar-refractivity contribution in [2.24, 2.45) is 0 Å². The van der Waals surface area contributed by atoms with E-state index in [0.717, 1.165) is 11.3 Å². The number of nitrogens with zero attached hydrogens (tertiary/aromatic N) is 4. The van der Waals surface area contributed by atoms with E-state index in [1.807, 2.05) is 41.1 Å². The molecule has 0 aliphatic carbocycles. The number of aromatic hydroxyl groups is 1. The molecule has 7 heteroatoms. The Hall–Kier alpha value is -2.80. The summed E-state index contributed by atoms with van der Waals surface area (Å²) in [7, 11) is 0. The molecule has 1 aromatic carbocycles. The third kappa shape index (κ3) is 2.66. The minimum Gasteiger partial charge on any atom is -0.507 e. The lowest BCUT2D eigenvalue weighted by molar-refractivity contribution is 0.477. The Morgan fingerprint density at radius 3 is 2.91 bits per heavy atom. The van der Waals surface area contributed by atoms with Gasteiger partial charge in [0.05, 0.1) is 17.5 Å². The van der Waals surface area contributed by atoms with Crippen LogP contribution < -0.4 is 0 Å². The maximum absolute atomic E-state index is 9.87. The number of imidazole rings is 1. The summed E-state index contributed by atoms with van der Waals surface area (Å²) in [5, 5.41) is 17.6. The van der Waals surface area contributed by atoms with Gasteiger partial charge in [0, 0.05) is 11.9 Å². The van der Waals surface area contributed by atoms with Crippen molar-refractivity contribution in [2.75, 3.05) is 0 Å². The molecule has 4 rings (SSSR count).